The van der Waals surface area contributed by atoms with Crippen LogP contribution in [-0.4, -0.2) is 38.9 Å². The molecule has 120 valence electrons. The zero-order chi connectivity index (χ0) is 16.9. The molecule has 24 heavy (non-hydrogen) atoms. The normalized spacial score (nSPS) is 15.0. The molecule has 5 nitrogen and oxygen atoms in total. The maximum Gasteiger partial charge on any atom is 0.139 e. The van der Waals surface area contributed by atoms with Crippen molar-refractivity contribution in [2.45, 2.75) is 6.54 Å². The van der Waals surface area contributed by atoms with Gasteiger partial charge in [-0.25, -0.2) is 0 Å². The van der Waals surface area contributed by atoms with Gasteiger partial charge >= 0.3 is 0 Å². The van der Waals surface area contributed by atoms with E-state index in [-0.39, 0.29) is 5.69 Å². The van der Waals surface area contributed by atoms with Gasteiger partial charge in [0, 0.05) is 38.4 Å². The van der Waals surface area contributed by atoms with Gasteiger partial charge in [0.25, 0.3) is 0 Å². The molecule has 0 radical (unpaired) electrons. The van der Waals surface area contributed by atoms with Gasteiger partial charge < -0.3 is 4.90 Å². The quantitative estimate of drug-likeness (QED) is 0.634. The first-order valence-corrected chi connectivity index (χ1v) is 8.10. The van der Waals surface area contributed by atoms with E-state index in [0.717, 1.165) is 38.4 Å². The lowest BCUT2D eigenvalue weighted by Gasteiger charge is -2.36. The van der Waals surface area contributed by atoms with Crippen LogP contribution in [0.25, 0.3) is 0 Å². The molecular weight excluding hydrogens is 299 g/mol. The molecule has 0 aromatic heterocycles. The molecule has 0 amide bonds. The maximum atomic E-state index is 10.9. The number of anilines is 1. The topological polar surface area (TPSA) is 59.7 Å². The van der Waals surface area contributed by atoms with E-state index in [1.807, 2.05) is 12.1 Å². The van der Waals surface area contributed by atoms with Gasteiger partial charge in [0.1, 0.15) is 19.6 Å². The number of nitriles is 1. The number of hydrogen-bond donors (Lipinski definition) is 0. The molecule has 2 aromatic rings. The molecule has 0 N–H and O–H groups in total. The van der Waals surface area contributed by atoms with Gasteiger partial charge in [-0.15, -0.1) is 4.91 Å². The Morgan fingerprint density at radius 2 is 1.88 bits per heavy atom. The SMILES string of the molecule is Bc1ccccc1CN1CCN(c2ccc(C#N)c(N=O)c2)CC1. The molecule has 0 bridgehead atoms. The standard InChI is InChI=1S/C18H19BN4O/c19-17-4-2-1-3-15(17)13-22-7-9-23(10-8-22)16-6-5-14(12-20)18(11-16)21-24/h1-6,11H,7-10,13,19H2. The lowest BCUT2D eigenvalue weighted by Crippen LogP contribution is -2.46. The van der Waals surface area contributed by atoms with Crippen LogP contribution in [0.15, 0.2) is 47.6 Å². The van der Waals surface area contributed by atoms with Crippen LogP contribution in [0.5, 0.6) is 0 Å². The zero-order valence-corrected chi connectivity index (χ0v) is 13.8. The van der Waals surface area contributed by atoms with Crippen molar-refractivity contribution >= 4 is 24.7 Å². The molecular formula is C18H19BN4O. The van der Waals surface area contributed by atoms with E-state index in [4.69, 9.17) is 5.26 Å². The van der Waals surface area contributed by atoms with Crippen molar-refractivity contribution in [1.82, 2.24) is 4.90 Å². The van der Waals surface area contributed by atoms with E-state index in [1.165, 1.54) is 11.0 Å². The van der Waals surface area contributed by atoms with E-state index in [1.54, 1.807) is 12.1 Å². The van der Waals surface area contributed by atoms with Gasteiger partial charge in [0.05, 0.1) is 5.56 Å². The molecule has 1 heterocycles. The lowest BCUT2D eigenvalue weighted by atomic mass is 9.90. The van der Waals surface area contributed by atoms with Crippen LogP contribution in [-0.2, 0) is 6.54 Å². The molecule has 0 spiro atoms. The van der Waals surface area contributed by atoms with E-state index < -0.39 is 0 Å². The summed E-state index contributed by atoms with van der Waals surface area (Å²) in [6.45, 7) is 4.71. The summed E-state index contributed by atoms with van der Waals surface area (Å²) in [5.74, 6) is 0. The van der Waals surface area contributed by atoms with Crippen molar-refractivity contribution in [1.29, 1.82) is 5.26 Å². The summed E-state index contributed by atoms with van der Waals surface area (Å²) in [6, 6.07) is 15.8. The van der Waals surface area contributed by atoms with Gasteiger partial charge in [-0.05, 0) is 28.9 Å². The molecule has 1 fully saturated rings. The predicted octanol–water partition coefficient (Wildman–Crippen LogP) is 1.54. The fraction of sp³-hybridized carbons (Fsp3) is 0.278. The molecule has 6 heteroatoms. The van der Waals surface area contributed by atoms with Crippen molar-refractivity contribution < 1.29 is 0 Å². The summed E-state index contributed by atoms with van der Waals surface area (Å²) in [5.41, 5.74) is 4.20. The van der Waals surface area contributed by atoms with Crippen LogP contribution in [0.4, 0.5) is 11.4 Å². The number of rotatable bonds is 4. The number of benzene rings is 2. The summed E-state index contributed by atoms with van der Waals surface area (Å²) in [5, 5.41) is 11.9. The van der Waals surface area contributed by atoms with Crippen molar-refractivity contribution in [2.75, 3.05) is 31.1 Å². The van der Waals surface area contributed by atoms with E-state index >= 15 is 0 Å². The fourth-order valence-electron chi connectivity index (χ4n) is 3.08. The summed E-state index contributed by atoms with van der Waals surface area (Å²) >= 11 is 0. The summed E-state index contributed by atoms with van der Waals surface area (Å²) in [4.78, 5) is 15.6. The Morgan fingerprint density at radius 3 is 2.54 bits per heavy atom. The molecule has 0 unspecified atom stereocenters. The minimum Gasteiger partial charge on any atom is -0.369 e. The predicted molar refractivity (Wildman–Crippen MR) is 98.7 cm³/mol. The van der Waals surface area contributed by atoms with Gasteiger partial charge in [-0.1, -0.05) is 29.7 Å². The first-order chi connectivity index (χ1) is 11.7. The Bertz CT molecular complexity index is 779. The molecule has 1 aliphatic heterocycles. The van der Waals surface area contributed by atoms with Crippen LogP contribution in [0, 0.1) is 16.2 Å². The van der Waals surface area contributed by atoms with E-state index in [0.29, 0.717) is 5.56 Å². The van der Waals surface area contributed by atoms with E-state index in [2.05, 4.69) is 47.1 Å². The minimum atomic E-state index is 0.220. The molecule has 0 atom stereocenters. The molecule has 2 aromatic carbocycles. The Labute approximate surface area is 142 Å². The highest BCUT2D eigenvalue weighted by Gasteiger charge is 2.18. The number of hydrogen-bond acceptors (Lipinski definition) is 5. The van der Waals surface area contributed by atoms with Gasteiger partial charge in [0.15, 0.2) is 0 Å². The van der Waals surface area contributed by atoms with Crippen LogP contribution < -0.4 is 10.4 Å². The van der Waals surface area contributed by atoms with E-state index in [9.17, 15) is 4.91 Å². The second kappa shape index (κ2) is 7.28. The molecule has 1 saturated heterocycles. The Morgan fingerprint density at radius 1 is 1.12 bits per heavy atom. The van der Waals surface area contributed by atoms with Gasteiger partial charge in [-0.3, -0.25) is 4.90 Å². The monoisotopic (exact) mass is 318 g/mol. The third-order valence-corrected chi connectivity index (χ3v) is 4.59. The summed E-state index contributed by atoms with van der Waals surface area (Å²) in [6.07, 6.45) is 0. The minimum absolute atomic E-state index is 0.220. The maximum absolute atomic E-state index is 10.9. The summed E-state index contributed by atoms with van der Waals surface area (Å²) in [7, 11) is 2.15. The molecule has 0 aliphatic carbocycles. The highest BCUT2D eigenvalue weighted by molar-refractivity contribution is 6.33. The Balaban J connectivity index is 1.64. The lowest BCUT2D eigenvalue weighted by molar-refractivity contribution is 0.250. The average Bonchev–Trinajstić information content (AvgIpc) is 2.63. The van der Waals surface area contributed by atoms with Crippen LogP contribution in [0.3, 0.4) is 0 Å². The number of nitroso groups, excluding NO2 is 1. The van der Waals surface area contributed by atoms with Crippen LogP contribution >= 0.6 is 0 Å². The van der Waals surface area contributed by atoms with Crippen LogP contribution in [0.2, 0.25) is 0 Å². The molecule has 1 aliphatic rings. The third-order valence-electron chi connectivity index (χ3n) is 4.59. The van der Waals surface area contributed by atoms with Gasteiger partial charge in [0.2, 0.25) is 0 Å². The first kappa shape index (κ1) is 16.2. The largest absolute Gasteiger partial charge is 0.369 e. The fourth-order valence-corrected chi connectivity index (χ4v) is 3.08. The van der Waals surface area contributed by atoms with Crippen molar-refractivity contribution in [3.8, 4) is 6.07 Å². The Kier molecular flexibility index (Phi) is 4.92. The number of piperazine rings is 1. The Hall–Kier alpha value is -2.65. The van der Waals surface area contributed by atoms with Crippen LogP contribution in [0.1, 0.15) is 11.1 Å². The highest BCUT2D eigenvalue weighted by atomic mass is 16.3. The third kappa shape index (κ3) is 3.47. The van der Waals surface area contributed by atoms with Crippen molar-refractivity contribution in [2.24, 2.45) is 5.18 Å². The smallest absolute Gasteiger partial charge is 0.139 e. The highest BCUT2D eigenvalue weighted by Crippen LogP contribution is 2.26. The van der Waals surface area contributed by atoms with Gasteiger partial charge in [-0.2, -0.15) is 5.26 Å². The first-order valence-electron chi connectivity index (χ1n) is 8.10. The molecule has 3 rings (SSSR count). The second-order valence-corrected chi connectivity index (χ2v) is 6.09. The summed E-state index contributed by atoms with van der Waals surface area (Å²) < 4.78 is 0. The van der Waals surface area contributed by atoms with Crippen molar-refractivity contribution in [3.63, 3.8) is 0 Å². The average molecular weight is 318 g/mol. The second-order valence-electron chi connectivity index (χ2n) is 6.09. The molecule has 0 saturated carbocycles. The zero-order valence-electron chi connectivity index (χ0n) is 13.8. The van der Waals surface area contributed by atoms with Crippen molar-refractivity contribution in [3.05, 3.63) is 58.5 Å². The number of nitrogens with zero attached hydrogens (tertiary/aromatic N) is 4.